The summed E-state index contributed by atoms with van der Waals surface area (Å²) in [7, 11) is 3.19. The lowest BCUT2D eigenvalue weighted by molar-refractivity contribution is 0.0294. The first-order valence-corrected chi connectivity index (χ1v) is 8.87. The van der Waals surface area contributed by atoms with Gasteiger partial charge in [-0.05, 0) is 26.0 Å². The quantitative estimate of drug-likeness (QED) is 0.518. The number of para-hydroxylation sites is 2. The molecule has 1 aromatic carbocycles. The van der Waals surface area contributed by atoms with Gasteiger partial charge in [-0.1, -0.05) is 22.4 Å². The molecule has 0 saturated carbocycles. The number of aromatic nitrogens is 2. The summed E-state index contributed by atoms with van der Waals surface area (Å²) >= 11 is 0. The first kappa shape index (κ1) is 19.9. The van der Waals surface area contributed by atoms with E-state index in [1.165, 1.54) is 0 Å². The van der Waals surface area contributed by atoms with Crippen LogP contribution in [0.5, 0.6) is 11.5 Å². The molecule has 2 heterocycles. The second kappa shape index (κ2) is 9.38. The third kappa shape index (κ3) is 4.90. The molecule has 2 atom stereocenters. The fraction of sp³-hybridized carbons (Fsp3) is 0.400. The standard InChI is InChI=1S/C20H24N2O6/c1-13-9-17(27-21-13)19(23-3)11-25-15-7-5-6-8-16(15)26-12-20(24-4)18-10-14(2)22-28-18/h5-10,19-20H,11-12H2,1-4H3. The largest absolute Gasteiger partial charge is 0.486 e. The molecule has 2 aromatic heterocycles. The summed E-state index contributed by atoms with van der Waals surface area (Å²) in [5.41, 5.74) is 1.57. The zero-order valence-electron chi connectivity index (χ0n) is 16.4. The Kier molecular flexibility index (Phi) is 6.67. The number of aryl methyl sites for hydroxylation is 2. The van der Waals surface area contributed by atoms with Gasteiger partial charge in [-0.15, -0.1) is 0 Å². The van der Waals surface area contributed by atoms with E-state index in [0.717, 1.165) is 11.4 Å². The Morgan fingerprint density at radius 1 is 0.786 bits per heavy atom. The van der Waals surface area contributed by atoms with Crippen LogP contribution in [-0.2, 0) is 9.47 Å². The van der Waals surface area contributed by atoms with Crippen LogP contribution in [0.1, 0.15) is 35.1 Å². The van der Waals surface area contributed by atoms with E-state index in [9.17, 15) is 0 Å². The number of rotatable bonds is 10. The Hall–Kier alpha value is -2.84. The smallest absolute Gasteiger partial charge is 0.169 e. The van der Waals surface area contributed by atoms with Gasteiger partial charge >= 0.3 is 0 Å². The number of hydrogen-bond donors (Lipinski definition) is 0. The summed E-state index contributed by atoms with van der Waals surface area (Å²) in [6, 6.07) is 11.0. The first-order valence-electron chi connectivity index (χ1n) is 8.87. The van der Waals surface area contributed by atoms with Crippen molar-refractivity contribution in [2.24, 2.45) is 0 Å². The van der Waals surface area contributed by atoms with E-state index < -0.39 is 0 Å². The van der Waals surface area contributed by atoms with Crippen LogP contribution in [0.3, 0.4) is 0 Å². The van der Waals surface area contributed by atoms with E-state index in [1.807, 2.05) is 50.2 Å². The molecule has 0 aliphatic heterocycles. The predicted molar refractivity (Wildman–Crippen MR) is 99.4 cm³/mol. The molecule has 28 heavy (non-hydrogen) atoms. The highest BCUT2D eigenvalue weighted by molar-refractivity contribution is 5.39. The maximum absolute atomic E-state index is 5.92. The average molecular weight is 388 g/mol. The Labute approximate surface area is 163 Å². The Morgan fingerprint density at radius 3 is 1.54 bits per heavy atom. The van der Waals surface area contributed by atoms with Crippen molar-refractivity contribution in [1.82, 2.24) is 10.3 Å². The zero-order valence-corrected chi connectivity index (χ0v) is 16.4. The molecule has 3 rings (SSSR count). The molecule has 2 unspecified atom stereocenters. The molecule has 8 heteroatoms. The third-order valence-electron chi connectivity index (χ3n) is 4.13. The lowest BCUT2D eigenvalue weighted by Gasteiger charge is -2.18. The molecular formula is C20H24N2O6. The third-order valence-corrected chi connectivity index (χ3v) is 4.13. The predicted octanol–water partition coefficient (Wildman–Crippen LogP) is 3.81. The highest BCUT2D eigenvalue weighted by Gasteiger charge is 2.20. The summed E-state index contributed by atoms with van der Waals surface area (Å²) in [5.74, 6) is 2.39. The molecular weight excluding hydrogens is 364 g/mol. The zero-order chi connectivity index (χ0) is 19.9. The fourth-order valence-corrected chi connectivity index (χ4v) is 2.62. The lowest BCUT2D eigenvalue weighted by atomic mass is 10.2. The molecule has 0 bridgehead atoms. The Morgan fingerprint density at radius 2 is 1.21 bits per heavy atom. The normalized spacial score (nSPS) is 13.3. The maximum Gasteiger partial charge on any atom is 0.169 e. The molecule has 0 saturated heterocycles. The van der Waals surface area contributed by atoms with Crippen molar-refractivity contribution >= 4 is 0 Å². The van der Waals surface area contributed by atoms with E-state index in [4.69, 9.17) is 28.0 Å². The minimum atomic E-state index is -0.377. The monoisotopic (exact) mass is 388 g/mol. The van der Waals surface area contributed by atoms with E-state index >= 15 is 0 Å². The second-order valence-corrected chi connectivity index (χ2v) is 6.26. The summed E-state index contributed by atoms with van der Waals surface area (Å²) in [6.45, 7) is 4.21. The minimum Gasteiger partial charge on any atom is -0.486 e. The van der Waals surface area contributed by atoms with Gasteiger partial charge in [0.15, 0.2) is 35.2 Å². The second-order valence-electron chi connectivity index (χ2n) is 6.26. The fourth-order valence-electron chi connectivity index (χ4n) is 2.62. The number of benzene rings is 1. The van der Waals surface area contributed by atoms with Crippen LogP contribution < -0.4 is 9.47 Å². The highest BCUT2D eigenvalue weighted by atomic mass is 16.6. The van der Waals surface area contributed by atoms with Gasteiger partial charge in [0, 0.05) is 26.4 Å². The average Bonchev–Trinajstić information content (AvgIpc) is 3.32. The van der Waals surface area contributed by atoms with Crippen molar-refractivity contribution in [2.45, 2.75) is 26.1 Å². The minimum absolute atomic E-state index is 0.251. The molecule has 0 radical (unpaired) electrons. The van der Waals surface area contributed by atoms with Crippen molar-refractivity contribution in [3.8, 4) is 11.5 Å². The van der Waals surface area contributed by atoms with Gasteiger partial charge in [0.2, 0.25) is 0 Å². The molecule has 3 aromatic rings. The van der Waals surface area contributed by atoms with E-state index in [2.05, 4.69) is 10.3 Å². The van der Waals surface area contributed by atoms with Crippen LogP contribution in [0.2, 0.25) is 0 Å². The van der Waals surface area contributed by atoms with E-state index in [-0.39, 0.29) is 25.4 Å². The number of ether oxygens (including phenoxy) is 4. The molecule has 0 amide bonds. The van der Waals surface area contributed by atoms with Crippen molar-refractivity contribution in [2.75, 3.05) is 27.4 Å². The molecule has 0 aliphatic rings. The van der Waals surface area contributed by atoms with Crippen molar-refractivity contribution < 1.29 is 28.0 Å². The van der Waals surface area contributed by atoms with Gasteiger partial charge < -0.3 is 28.0 Å². The van der Waals surface area contributed by atoms with Gasteiger partial charge in [-0.25, -0.2) is 0 Å². The van der Waals surface area contributed by atoms with Gasteiger partial charge in [-0.2, -0.15) is 0 Å². The Bertz CT molecular complexity index is 804. The van der Waals surface area contributed by atoms with Crippen molar-refractivity contribution in [3.05, 3.63) is 59.3 Å². The molecule has 0 spiro atoms. The molecule has 0 fully saturated rings. The molecule has 0 N–H and O–H groups in total. The van der Waals surface area contributed by atoms with Gasteiger partial charge in [0.25, 0.3) is 0 Å². The number of nitrogens with zero attached hydrogens (tertiary/aromatic N) is 2. The first-order chi connectivity index (χ1) is 13.6. The molecule has 8 nitrogen and oxygen atoms in total. The van der Waals surface area contributed by atoms with Crippen molar-refractivity contribution in [3.63, 3.8) is 0 Å². The summed E-state index contributed by atoms with van der Waals surface area (Å²) in [4.78, 5) is 0. The summed E-state index contributed by atoms with van der Waals surface area (Å²) < 4.78 is 33.2. The Balaban J connectivity index is 1.63. The topological polar surface area (TPSA) is 89.0 Å². The van der Waals surface area contributed by atoms with E-state index in [0.29, 0.717) is 23.0 Å². The van der Waals surface area contributed by atoms with Crippen LogP contribution >= 0.6 is 0 Å². The SMILES string of the molecule is COC(COc1ccccc1OCC(OC)c1cc(C)no1)c1cc(C)no1. The lowest BCUT2D eigenvalue weighted by Crippen LogP contribution is -2.14. The number of hydrogen-bond acceptors (Lipinski definition) is 8. The molecule has 0 aliphatic carbocycles. The van der Waals surface area contributed by atoms with Crippen LogP contribution in [0.4, 0.5) is 0 Å². The summed E-state index contributed by atoms with van der Waals surface area (Å²) in [6.07, 6.45) is -0.753. The van der Waals surface area contributed by atoms with Gasteiger partial charge in [0.05, 0.1) is 11.4 Å². The number of methoxy groups -OCH3 is 2. The van der Waals surface area contributed by atoms with Crippen LogP contribution in [0, 0.1) is 13.8 Å². The highest BCUT2D eigenvalue weighted by Crippen LogP contribution is 2.30. The van der Waals surface area contributed by atoms with Crippen LogP contribution in [-0.4, -0.2) is 37.7 Å². The van der Waals surface area contributed by atoms with Crippen LogP contribution in [0.25, 0.3) is 0 Å². The van der Waals surface area contributed by atoms with Gasteiger partial charge in [-0.3, -0.25) is 0 Å². The van der Waals surface area contributed by atoms with Crippen molar-refractivity contribution in [1.29, 1.82) is 0 Å². The maximum atomic E-state index is 5.92. The van der Waals surface area contributed by atoms with E-state index in [1.54, 1.807) is 14.2 Å². The molecule has 150 valence electrons. The summed E-state index contributed by atoms with van der Waals surface area (Å²) in [5, 5.41) is 7.77. The van der Waals surface area contributed by atoms with Gasteiger partial charge in [0.1, 0.15) is 13.2 Å². The van der Waals surface area contributed by atoms with Crippen LogP contribution in [0.15, 0.2) is 45.4 Å².